The van der Waals surface area contributed by atoms with Gasteiger partial charge in [0.05, 0.1) is 28.1 Å². The van der Waals surface area contributed by atoms with Gasteiger partial charge in [-0.15, -0.1) is 0 Å². The van der Waals surface area contributed by atoms with Gasteiger partial charge in [-0.1, -0.05) is 205 Å². The molecule has 0 unspecified atom stereocenters. The number of benzene rings is 7. The molecule has 73 heavy (non-hydrogen) atoms. The average Bonchev–Trinajstić information content (AvgIpc) is 3.98. The van der Waals surface area contributed by atoms with Gasteiger partial charge in [0, 0.05) is 40.1 Å². The molecule has 0 fully saturated rings. The summed E-state index contributed by atoms with van der Waals surface area (Å²) in [5.41, 5.74) is 13.8. The van der Waals surface area contributed by atoms with Gasteiger partial charge in [0.15, 0.2) is 0 Å². The van der Waals surface area contributed by atoms with E-state index in [9.17, 15) is 0 Å². The molecule has 3 aromatic heterocycles. The Morgan fingerprint density at radius 1 is 0.466 bits per heavy atom. The minimum Gasteiger partial charge on any atom is -0.458 e. The number of hydrogen-bond donors (Lipinski definition) is 0. The number of hydrogen-bond acceptors (Lipinski definition) is 2. The Labute approximate surface area is 433 Å². The summed E-state index contributed by atoms with van der Waals surface area (Å²) in [4.78, 5) is 5.03. The van der Waals surface area contributed by atoms with Gasteiger partial charge in [0.25, 0.3) is 6.33 Å². The van der Waals surface area contributed by atoms with Crippen molar-refractivity contribution in [3.63, 3.8) is 0 Å². The van der Waals surface area contributed by atoms with Crippen molar-refractivity contribution in [1.82, 2.24) is 14.1 Å². The summed E-state index contributed by atoms with van der Waals surface area (Å²) in [7, 11) is 0. The molecule has 0 aliphatic carbocycles. The molecule has 5 heteroatoms. The molecule has 0 atom stereocenters. The minimum absolute atomic E-state index is 0.0464. The minimum atomic E-state index is -0.376. The van der Waals surface area contributed by atoms with Crippen molar-refractivity contribution >= 4 is 21.8 Å². The van der Waals surface area contributed by atoms with Crippen molar-refractivity contribution in [2.75, 3.05) is 0 Å². The van der Waals surface area contributed by atoms with E-state index in [0.29, 0.717) is 0 Å². The van der Waals surface area contributed by atoms with Crippen LogP contribution in [0.3, 0.4) is 0 Å². The number of imidazole rings is 1. The van der Waals surface area contributed by atoms with Crippen molar-refractivity contribution in [3.05, 3.63) is 234 Å². The Morgan fingerprint density at radius 2 is 1.05 bits per heavy atom. The number of nitrogens with zero attached hydrogens (tertiary/aromatic N) is 4. The van der Waals surface area contributed by atoms with Gasteiger partial charge in [0.2, 0.25) is 0 Å². The van der Waals surface area contributed by atoms with E-state index >= 15 is 0 Å². The summed E-state index contributed by atoms with van der Waals surface area (Å²) in [6, 6.07) is 63.7. The van der Waals surface area contributed by atoms with Gasteiger partial charge in [-0.2, -0.15) is 0 Å². The SMILES string of the molecule is CC(C)(C)c1ccnc(-n2c3ccccc3c3c(C(C)(C)C)cc(Oc4cc(-n5[c-][n+](-c6cc(-c7ccccc7)cc(C(C)(C)c7ccccc7)c6)cc5C(C)(C)C)cc(C(C)(C)c5ccccc5)c4)cc32)c1. The molecule has 3 heterocycles. The summed E-state index contributed by atoms with van der Waals surface area (Å²) >= 11 is 0. The molecule has 0 spiro atoms. The van der Waals surface area contributed by atoms with Crippen LogP contribution < -0.4 is 9.30 Å². The van der Waals surface area contributed by atoms with E-state index in [-0.39, 0.29) is 27.1 Å². The smallest absolute Gasteiger partial charge is 0.269 e. The standard InChI is InChI=1S/C68H70N4O/c1-64(2,3)50-33-34-69-62(40-50)72-59-32-24-23-31-57(59)63-58(65(4,5)6)42-56(43-60(63)72)73-55-39-52(68(12,13)49-29-21-16-22-30-49)38-54(41-55)71-45-70(44-61(71)66(7,8)9)53-36-47(46-25-17-14-18-26-46)35-51(37-53)67(10,11)48-27-19-15-20-28-48/h14-44H,1-13H3. The maximum Gasteiger partial charge on any atom is 0.269 e. The highest BCUT2D eigenvalue weighted by Gasteiger charge is 2.30. The normalized spacial score (nSPS) is 12.7. The first-order chi connectivity index (χ1) is 34.6. The fraction of sp³-hybridized carbons (Fsp3) is 0.265. The molecule has 0 saturated heterocycles. The highest BCUT2D eigenvalue weighted by molar-refractivity contribution is 6.11. The number of ether oxygens (including phenoxy) is 1. The summed E-state index contributed by atoms with van der Waals surface area (Å²) in [6.07, 6.45) is 8.12. The van der Waals surface area contributed by atoms with Crippen LogP contribution >= 0.6 is 0 Å². The number of fused-ring (bicyclic) bond motifs is 3. The maximum atomic E-state index is 7.33. The lowest BCUT2D eigenvalue weighted by atomic mass is 9.77. The second-order valence-electron chi connectivity index (χ2n) is 24.1. The predicted octanol–water partition coefficient (Wildman–Crippen LogP) is 17.0. The lowest BCUT2D eigenvalue weighted by molar-refractivity contribution is -0.599. The Balaban J connectivity index is 1.18. The molecular formula is C68H70N4O. The largest absolute Gasteiger partial charge is 0.458 e. The van der Waals surface area contributed by atoms with Gasteiger partial charge in [0.1, 0.15) is 17.3 Å². The molecule has 0 N–H and O–H groups in total. The van der Waals surface area contributed by atoms with Crippen molar-refractivity contribution in [1.29, 1.82) is 0 Å². The van der Waals surface area contributed by atoms with Gasteiger partial charge in [-0.3, -0.25) is 13.7 Å². The monoisotopic (exact) mass is 959 g/mol. The zero-order valence-electron chi connectivity index (χ0n) is 45.1. The Kier molecular flexibility index (Phi) is 12.2. The Hall–Kier alpha value is -7.50. The molecule has 0 aliphatic rings. The first-order valence-electron chi connectivity index (χ1n) is 25.9. The molecule has 0 bridgehead atoms. The maximum absolute atomic E-state index is 7.33. The zero-order valence-corrected chi connectivity index (χ0v) is 45.1. The fourth-order valence-electron chi connectivity index (χ4n) is 10.4. The second kappa shape index (κ2) is 18.2. The lowest BCUT2D eigenvalue weighted by Crippen LogP contribution is -2.30. The Bertz CT molecular complexity index is 3630. The van der Waals surface area contributed by atoms with Gasteiger partial charge >= 0.3 is 0 Å². The van der Waals surface area contributed by atoms with Gasteiger partial charge in [-0.05, 0) is 115 Å². The third kappa shape index (κ3) is 9.43. The predicted molar refractivity (Wildman–Crippen MR) is 303 cm³/mol. The molecule has 5 nitrogen and oxygen atoms in total. The van der Waals surface area contributed by atoms with Gasteiger partial charge < -0.3 is 4.74 Å². The van der Waals surface area contributed by atoms with Crippen LogP contribution in [0.2, 0.25) is 0 Å². The van der Waals surface area contributed by atoms with Crippen LogP contribution in [0, 0.1) is 6.33 Å². The zero-order chi connectivity index (χ0) is 51.7. The van der Waals surface area contributed by atoms with Crippen LogP contribution in [-0.2, 0) is 27.1 Å². The quantitative estimate of drug-likeness (QED) is 0.101. The third-order valence-corrected chi connectivity index (χ3v) is 15.0. The van der Waals surface area contributed by atoms with E-state index in [1.165, 1.54) is 44.2 Å². The fourth-order valence-corrected chi connectivity index (χ4v) is 10.4. The molecule has 0 saturated carbocycles. The van der Waals surface area contributed by atoms with E-state index in [0.717, 1.165) is 56.5 Å². The number of rotatable bonds is 10. The van der Waals surface area contributed by atoms with Crippen LogP contribution in [0.4, 0.5) is 0 Å². The van der Waals surface area contributed by atoms with Crippen molar-refractivity contribution in [2.45, 2.75) is 117 Å². The van der Waals surface area contributed by atoms with Crippen LogP contribution in [0.5, 0.6) is 11.5 Å². The van der Waals surface area contributed by atoms with E-state index in [2.05, 4.69) is 292 Å². The van der Waals surface area contributed by atoms with E-state index in [1.54, 1.807) is 0 Å². The van der Waals surface area contributed by atoms with Crippen LogP contribution in [0.15, 0.2) is 188 Å². The average molecular weight is 959 g/mol. The summed E-state index contributed by atoms with van der Waals surface area (Å²) < 4.78 is 14.1. The molecule has 7 aromatic carbocycles. The number of para-hydroxylation sites is 1. The summed E-state index contributed by atoms with van der Waals surface area (Å²) in [6.45, 7) is 29.8. The highest BCUT2D eigenvalue weighted by atomic mass is 16.5. The highest BCUT2D eigenvalue weighted by Crippen LogP contribution is 2.44. The summed E-state index contributed by atoms with van der Waals surface area (Å²) in [5, 5.41) is 2.41. The second-order valence-corrected chi connectivity index (χ2v) is 24.1. The number of pyridine rings is 1. The molecule has 0 radical (unpaired) electrons. The first-order valence-corrected chi connectivity index (χ1v) is 25.9. The van der Waals surface area contributed by atoms with E-state index in [4.69, 9.17) is 9.72 Å². The first kappa shape index (κ1) is 49.1. The van der Waals surface area contributed by atoms with Crippen LogP contribution in [0.1, 0.15) is 129 Å². The van der Waals surface area contributed by atoms with Crippen LogP contribution in [-0.4, -0.2) is 14.1 Å². The summed E-state index contributed by atoms with van der Waals surface area (Å²) in [5.74, 6) is 2.40. The number of aromatic nitrogens is 4. The third-order valence-electron chi connectivity index (χ3n) is 15.0. The van der Waals surface area contributed by atoms with E-state index in [1.807, 2.05) is 6.20 Å². The van der Waals surface area contributed by atoms with Crippen molar-refractivity contribution < 1.29 is 9.30 Å². The van der Waals surface area contributed by atoms with Crippen molar-refractivity contribution in [2.24, 2.45) is 0 Å². The Morgan fingerprint density at radius 3 is 1.67 bits per heavy atom. The molecule has 10 aromatic rings. The molecule has 368 valence electrons. The topological polar surface area (TPSA) is 35.9 Å². The molecule has 0 amide bonds. The van der Waals surface area contributed by atoms with E-state index < -0.39 is 0 Å². The lowest BCUT2D eigenvalue weighted by Gasteiger charge is -2.28. The molecule has 10 rings (SSSR count). The van der Waals surface area contributed by atoms with Gasteiger partial charge in [-0.25, -0.2) is 4.98 Å². The molecule has 0 aliphatic heterocycles. The molecular weight excluding hydrogens is 889 g/mol. The van der Waals surface area contributed by atoms with Crippen LogP contribution in [0.25, 0.3) is 50.1 Å². The van der Waals surface area contributed by atoms with Crippen molar-refractivity contribution in [3.8, 4) is 39.8 Å².